The summed E-state index contributed by atoms with van der Waals surface area (Å²) in [6.07, 6.45) is 12.8. The maximum atomic E-state index is 14.1. The number of fused-ring (bicyclic) bond motifs is 2. The number of nitrogens with zero attached hydrogens (tertiary/aromatic N) is 4. The van der Waals surface area contributed by atoms with Crippen molar-refractivity contribution in [3.05, 3.63) is 86.6 Å². The van der Waals surface area contributed by atoms with Crippen LogP contribution in [0.3, 0.4) is 0 Å². The number of primary amides is 1. The number of amides is 2. The lowest BCUT2D eigenvalue weighted by Crippen LogP contribution is -2.62. The van der Waals surface area contributed by atoms with Crippen molar-refractivity contribution in [3.63, 3.8) is 0 Å². The van der Waals surface area contributed by atoms with Crippen LogP contribution in [-0.2, 0) is 18.4 Å². The molecule has 10 nitrogen and oxygen atoms in total. The van der Waals surface area contributed by atoms with Gasteiger partial charge in [-0.1, -0.05) is 76.1 Å². The van der Waals surface area contributed by atoms with Crippen LogP contribution in [0.15, 0.2) is 58.4 Å². The van der Waals surface area contributed by atoms with Crippen LogP contribution < -0.4 is 16.9 Å². The van der Waals surface area contributed by atoms with Crippen molar-refractivity contribution in [2.75, 3.05) is 13.1 Å². The zero-order chi connectivity index (χ0) is 36.5. The zero-order valence-corrected chi connectivity index (χ0v) is 30.0. The number of piperidine rings is 1. The van der Waals surface area contributed by atoms with E-state index in [-0.39, 0.29) is 40.4 Å². The SMILES string of the molecule is CC(CC1CCCCC1)C(=O)N1CCC(O)(Cn2cnc3c(F)cccc3c2=O)C2(CCCC2)C1.Cc1c(C(N)=O)c2ccccc2c(=O)n1C. The zero-order valence-electron chi connectivity index (χ0n) is 30.0. The van der Waals surface area contributed by atoms with Crippen molar-refractivity contribution in [1.29, 1.82) is 0 Å². The van der Waals surface area contributed by atoms with Crippen molar-refractivity contribution < 1.29 is 19.1 Å². The van der Waals surface area contributed by atoms with E-state index in [9.17, 15) is 28.7 Å². The molecule has 11 heteroatoms. The lowest BCUT2D eigenvalue weighted by Gasteiger charge is -2.52. The molecule has 1 saturated heterocycles. The third-order valence-electron chi connectivity index (χ3n) is 12.1. The minimum absolute atomic E-state index is 0.00458. The Bertz CT molecular complexity index is 2060. The Morgan fingerprint density at radius 1 is 0.961 bits per heavy atom. The van der Waals surface area contributed by atoms with Crippen molar-refractivity contribution in [3.8, 4) is 0 Å². The Kier molecular flexibility index (Phi) is 10.5. The molecule has 51 heavy (non-hydrogen) atoms. The van der Waals surface area contributed by atoms with Gasteiger partial charge in [-0.15, -0.1) is 0 Å². The van der Waals surface area contributed by atoms with Gasteiger partial charge < -0.3 is 20.3 Å². The van der Waals surface area contributed by atoms with Crippen LogP contribution in [0.5, 0.6) is 0 Å². The fourth-order valence-electron chi connectivity index (χ4n) is 9.06. The number of halogens is 1. The summed E-state index contributed by atoms with van der Waals surface area (Å²) in [5.41, 5.74) is 4.42. The van der Waals surface area contributed by atoms with E-state index >= 15 is 0 Å². The van der Waals surface area contributed by atoms with Gasteiger partial charge in [0.15, 0.2) is 0 Å². The molecular weight excluding hydrogens is 649 g/mol. The molecule has 2 atom stereocenters. The quantitative estimate of drug-likeness (QED) is 0.268. The molecule has 3 aliphatic rings. The summed E-state index contributed by atoms with van der Waals surface area (Å²) in [7, 11) is 1.64. The van der Waals surface area contributed by atoms with Crippen LogP contribution in [0.2, 0.25) is 0 Å². The van der Waals surface area contributed by atoms with E-state index in [1.807, 2.05) is 4.90 Å². The molecular formula is C40H50FN5O5. The Balaban J connectivity index is 0.000000234. The molecule has 2 amide bonds. The van der Waals surface area contributed by atoms with Gasteiger partial charge in [-0.2, -0.15) is 0 Å². The topological polar surface area (TPSA) is 141 Å². The van der Waals surface area contributed by atoms with E-state index in [0.29, 0.717) is 47.5 Å². The molecule has 2 aliphatic carbocycles. The monoisotopic (exact) mass is 699 g/mol. The van der Waals surface area contributed by atoms with Crippen LogP contribution in [0, 0.1) is 30.0 Å². The Labute approximate surface area is 297 Å². The van der Waals surface area contributed by atoms with Crippen molar-refractivity contribution in [1.82, 2.24) is 19.0 Å². The van der Waals surface area contributed by atoms with Crippen molar-refractivity contribution in [2.24, 2.45) is 30.0 Å². The number of benzene rings is 2. The van der Waals surface area contributed by atoms with Gasteiger partial charge >= 0.3 is 0 Å². The Morgan fingerprint density at radius 3 is 2.31 bits per heavy atom. The molecule has 2 saturated carbocycles. The number of hydrogen-bond acceptors (Lipinski definition) is 6. The van der Waals surface area contributed by atoms with Gasteiger partial charge in [0.2, 0.25) is 5.91 Å². The number of para-hydroxylation sites is 1. The summed E-state index contributed by atoms with van der Waals surface area (Å²) in [4.78, 5) is 56.1. The number of hydrogen-bond donors (Lipinski definition) is 2. The fraction of sp³-hybridized carbons (Fsp3) is 0.525. The van der Waals surface area contributed by atoms with Crippen LogP contribution >= 0.6 is 0 Å². The van der Waals surface area contributed by atoms with Gasteiger partial charge in [0.05, 0.1) is 29.4 Å². The largest absolute Gasteiger partial charge is 0.387 e. The average molecular weight is 700 g/mol. The first kappa shape index (κ1) is 36.4. The molecule has 2 unspecified atom stereocenters. The molecule has 2 aromatic carbocycles. The number of likely N-dealkylation sites (tertiary alicyclic amines) is 1. The smallest absolute Gasteiger partial charge is 0.261 e. The van der Waals surface area contributed by atoms with Gasteiger partial charge in [0.1, 0.15) is 11.3 Å². The first-order valence-electron chi connectivity index (χ1n) is 18.4. The lowest BCUT2D eigenvalue weighted by molar-refractivity contribution is -0.163. The highest BCUT2D eigenvalue weighted by Gasteiger charge is 2.55. The van der Waals surface area contributed by atoms with E-state index in [1.165, 1.54) is 59.7 Å². The van der Waals surface area contributed by atoms with E-state index in [0.717, 1.165) is 32.1 Å². The van der Waals surface area contributed by atoms with Gasteiger partial charge in [0, 0.05) is 47.9 Å². The van der Waals surface area contributed by atoms with E-state index < -0.39 is 22.7 Å². The van der Waals surface area contributed by atoms with Crippen LogP contribution in [-0.4, -0.2) is 54.6 Å². The fourth-order valence-corrected chi connectivity index (χ4v) is 9.06. The van der Waals surface area contributed by atoms with Crippen LogP contribution in [0.4, 0.5) is 4.39 Å². The number of carbonyl (C=O) groups is 2. The molecule has 272 valence electrons. The summed E-state index contributed by atoms with van der Waals surface area (Å²) in [5.74, 6) is -0.160. The van der Waals surface area contributed by atoms with E-state index in [2.05, 4.69) is 11.9 Å². The summed E-state index contributed by atoms with van der Waals surface area (Å²) in [6, 6.07) is 11.4. The van der Waals surface area contributed by atoms with Gasteiger partial charge in [-0.05, 0) is 56.7 Å². The van der Waals surface area contributed by atoms with Crippen LogP contribution in [0.25, 0.3) is 21.7 Å². The molecule has 4 aromatic rings. The summed E-state index contributed by atoms with van der Waals surface area (Å²) >= 11 is 0. The van der Waals surface area contributed by atoms with Crippen molar-refractivity contribution >= 4 is 33.5 Å². The number of nitrogens with two attached hydrogens (primary N) is 1. The van der Waals surface area contributed by atoms with Crippen LogP contribution in [0.1, 0.15) is 93.6 Å². The molecule has 7 rings (SSSR count). The second kappa shape index (κ2) is 14.7. The predicted molar refractivity (Wildman–Crippen MR) is 196 cm³/mol. The average Bonchev–Trinajstić information content (AvgIpc) is 3.60. The summed E-state index contributed by atoms with van der Waals surface area (Å²) in [5, 5.41) is 13.4. The lowest BCUT2D eigenvalue weighted by atomic mass is 9.65. The molecule has 1 aliphatic heterocycles. The Hall–Kier alpha value is -4.38. The molecule has 1 spiro atoms. The number of rotatable bonds is 6. The highest BCUT2D eigenvalue weighted by Crippen LogP contribution is 2.52. The normalized spacial score (nSPS) is 21.1. The first-order chi connectivity index (χ1) is 24.4. The number of pyridine rings is 1. The second-order valence-corrected chi connectivity index (χ2v) is 15.2. The molecule has 2 aromatic heterocycles. The first-order valence-corrected chi connectivity index (χ1v) is 18.4. The highest BCUT2D eigenvalue weighted by atomic mass is 19.1. The Morgan fingerprint density at radius 2 is 1.63 bits per heavy atom. The second-order valence-electron chi connectivity index (χ2n) is 15.2. The third-order valence-corrected chi connectivity index (χ3v) is 12.1. The molecule has 0 radical (unpaired) electrons. The summed E-state index contributed by atoms with van der Waals surface area (Å²) in [6.45, 7) is 4.94. The minimum Gasteiger partial charge on any atom is -0.387 e. The minimum atomic E-state index is -1.11. The number of aromatic nitrogens is 3. The molecule has 0 bridgehead atoms. The van der Waals surface area contributed by atoms with Crippen molar-refractivity contribution in [2.45, 2.75) is 96.6 Å². The standard InChI is InChI=1S/C28H38FN3O3.C12H12N2O2/c1-20(16-21-8-3-2-4-9-21)25(33)31-15-14-28(35,27(17-31)12-5-6-13-27)18-32-19-30-24-22(26(32)34)10-7-11-23(24)29;1-7-10(11(13)15)8-5-3-4-6-9(8)12(16)14(7)2/h7,10-11,19-21,35H,2-6,8-9,12-18H2,1H3;3-6H,1-2H3,(H2,13,15). The van der Waals surface area contributed by atoms with E-state index in [4.69, 9.17) is 5.73 Å². The predicted octanol–water partition coefficient (Wildman–Crippen LogP) is 5.61. The van der Waals surface area contributed by atoms with E-state index in [1.54, 1.807) is 44.3 Å². The molecule has 3 heterocycles. The number of aliphatic hydroxyl groups is 1. The maximum Gasteiger partial charge on any atom is 0.261 e. The maximum absolute atomic E-state index is 14.1. The highest BCUT2D eigenvalue weighted by molar-refractivity contribution is 6.06. The van der Waals surface area contributed by atoms with Gasteiger partial charge in [-0.25, -0.2) is 9.37 Å². The molecule has 3 N–H and O–H groups in total. The number of carbonyl (C=O) groups excluding carboxylic acids is 2. The molecule has 3 fully saturated rings. The van der Waals surface area contributed by atoms with Gasteiger partial charge in [-0.3, -0.25) is 23.7 Å². The third kappa shape index (κ3) is 6.97. The van der Waals surface area contributed by atoms with Gasteiger partial charge in [0.25, 0.3) is 17.0 Å². The summed E-state index contributed by atoms with van der Waals surface area (Å²) < 4.78 is 17.0.